The third-order valence-corrected chi connectivity index (χ3v) is 6.38. The lowest BCUT2D eigenvalue weighted by Crippen LogP contribution is -2.36. The Morgan fingerprint density at radius 3 is 2.09 bits per heavy atom. The first-order valence-corrected chi connectivity index (χ1v) is 11.1. The van der Waals surface area contributed by atoms with Gasteiger partial charge >= 0.3 is 0 Å². The minimum atomic E-state index is -0.159. The molecule has 2 aliphatic rings. The van der Waals surface area contributed by atoms with Gasteiger partial charge in [-0.2, -0.15) is 4.74 Å². The minimum Gasteiger partial charge on any atom is -0.618 e. The zero-order valence-electron chi connectivity index (χ0n) is 19.1. The van der Waals surface area contributed by atoms with Gasteiger partial charge in [-0.05, 0) is 67.1 Å². The lowest BCUT2D eigenvalue weighted by molar-refractivity contribution is -0.361. The highest BCUT2D eigenvalue weighted by Crippen LogP contribution is 2.51. The molecule has 0 saturated heterocycles. The summed E-state index contributed by atoms with van der Waals surface area (Å²) in [6, 6.07) is 24.5. The molecule has 158 valence electrons. The molecule has 0 radical (unpaired) electrons. The molecule has 2 nitrogen and oxygen atoms in total. The second kappa shape index (κ2) is 7.24. The standard InChI is InChI=1S/C30H27NO/c1-29(2)19-26-25-17-16-24(18-27(25)31(32)28(26)30(3,4)20-29)23-14-12-22(13-15-23)11-10-21-8-6-5-7-9-21/h5-9,12-19H,20H2,1-4H3. The van der Waals surface area contributed by atoms with Gasteiger partial charge in [0.1, 0.15) is 0 Å². The molecule has 0 amide bonds. The van der Waals surface area contributed by atoms with Crippen LogP contribution in [0.5, 0.6) is 0 Å². The molecule has 0 aromatic heterocycles. The molecule has 1 aliphatic carbocycles. The Morgan fingerprint density at radius 1 is 0.781 bits per heavy atom. The average molecular weight is 418 g/mol. The lowest BCUT2D eigenvalue weighted by Gasteiger charge is -2.36. The van der Waals surface area contributed by atoms with Crippen LogP contribution in [0.2, 0.25) is 0 Å². The molecule has 1 aliphatic heterocycles. The fourth-order valence-electron chi connectivity index (χ4n) is 5.33. The van der Waals surface area contributed by atoms with Crippen molar-refractivity contribution in [2.24, 2.45) is 10.8 Å². The van der Waals surface area contributed by atoms with Crippen LogP contribution in [0, 0.1) is 27.9 Å². The molecule has 5 rings (SSSR count). The molecule has 1 heterocycles. The van der Waals surface area contributed by atoms with Gasteiger partial charge in [0.15, 0.2) is 0 Å². The van der Waals surface area contributed by atoms with Crippen LogP contribution in [0.1, 0.15) is 50.8 Å². The molecule has 0 fully saturated rings. The summed E-state index contributed by atoms with van der Waals surface area (Å²) in [5, 5.41) is 13.3. The Hall–Kier alpha value is -3.57. The SMILES string of the molecule is CC1(C)C=C2C(=[N+]([O-])c3cc(-c4ccc(C#Cc5ccccc5)cc4)ccc32)C(C)(C)C1. The molecule has 0 saturated carbocycles. The van der Waals surface area contributed by atoms with Gasteiger partial charge < -0.3 is 5.21 Å². The van der Waals surface area contributed by atoms with E-state index in [1.165, 1.54) is 4.74 Å². The summed E-state index contributed by atoms with van der Waals surface area (Å²) >= 11 is 0. The highest BCUT2D eigenvalue weighted by Gasteiger charge is 2.48. The number of benzene rings is 3. The van der Waals surface area contributed by atoms with Crippen molar-refractivity contribution in [2.75, 3.05) is 0 Å². The van der Waals surface area contributed by atoms with Gasteiger partial charge in [-0.15, -0.1) is 0 Å². The second-order valence-electron chi connectivity index (χ2n) is 10.2. The van der Waals surface area contributed by atoms with Gasteiger partial charge in [-0.1, -0.05) is 68.2 Å². The molecule has 0 bridgehead atoms. The predicted molar refractivity (Wildman–Crippen MR) is 133 cm³/mol. The Labute approximate surface area is 190 Å². The molecule has 32 heavy (non-hydrogen) atoms. The highest BCUT2D eigenvalue weighted by molar-refractivity contribution is 6.28. The Balaban J connectivity index is 1.49. The number of hydrogen-bond donors (Lipinski definition) is 0. The van der Waals surface area contributed by atoms with Crippen LogP contribution in [0.3, 0.4) is 0 Å². The molecule has 0 N–H and O–H groups in total. The van der Waals surface area contributed by atoms with Gasteiger partial charge in [0.25, 0.3) is 0 Å². The maximum atomic E-state index is 13.3. The summed E-state index contributed by atoms with van der Waals surface area (Å²) in [4.78, 5) is 0. The first kappa shape index (κ1) is 20.3. The van der Waals surface area contributed by atoms with Gasteiger partial charge in [-0.3, -0.25) is 0 Å². The molecular formula is C30H27NO. The zero-order valence-corrected chi connectivity index (χ0v) is 19.1. The van der Waals surface area contributed by atoms with Gasteiger partial charge in [0, 0.05) is 17.2 Å². The largest absolute Gasteiger partial charge is 0.618 e. The molecule has 0 spiro atoms. The van der Waals surface area contributed by atoms with E-state index in [1.807, 2.05) is 48.5 Å². The molecule has 3 aromatic carbocycles. The maximum Gasteiger partial charge on any atom is 0.225 e. The first-order valence-electron chi connectivity index (χ1n) is 11.1. The van der Waals surface area contributed by atoms with Crippen molar-refractivity contribution in [1.29, 1.82) is 0 Å². The lowest BCUT2D eigenvalue weighted by atomic mass is 9.65. The van der Waals surface area contributed by atoms with Crippen LogP contribution in [0.15, 0.2) is 78.9 Å². The third-order valence-electron chi connectivity index (χ3n) is 6.38. The van der Waals surface area contributed by atoms with E-state index in [2.05, 4.69) is 69.9 Å². The van der Waals surface area contributed by atoms with Gasteiger partial charge in [0.2, 0.25) is 11.4 Å². The van der Waals surface area contributed by atoms with E-state index in [0.717, 1.165) is 51.2 Å². The summed E-state index contributed by atoms with van der Waals surface area (Å²) in [6.45, 7) is 8.87. The van der Waals surface area contributed by atoms with Crippen LogP contribution in [0.4, 0.5) is 5.69 Å². The van der Waals surface area contributed by atoms with Crippen molar-refractivity contribution in [3.63, 3.8) is 0 Å². The van der Waals surface area contributed by atoms with E-state index in [4.69, 9.17) is 0 Å². The van der Waals surface area contributed by atoms with Crippen molar-refractivity contribution in [2.45, 2.75) is 34.1 Å². The van der Waals surface area contributed by atoms with Crippen molar-refractivity contribution < 1.29 is 4.74 Å². The molecule has 0 atom stereocenters. The summed E-state index contributed by atoms with van der Waals surface area (Å²) < 4.78 is 1.17. The average Bonchev–Trinajstić information content (AvgIpc) is 3.04. The zero-order chi connectivity index (χ0) is 22.5. The number of rotatable bonds is 1. The number of allylic oxidation sites excluding steroid dienone is 2. The van der Waals surface area contributed by atoms with Crippen molar-refractivity contribution in [1.82, 2.24) is 0 Å². The van der Waals surface area contributed by atoms with Crippen LogP contribution in [-0.4, -0.2) is 10.5 Å². The highest BCUT2D eigenvalue weighted by atomic mass is 16.5. The normalized spacial score (nSPS) is 17.7. The summed E-state index contributed by atoms with van der Waals surface area (Å²) in [5.74, 6) is 6.42. The van der Waals surface area contributed by atoms with Crippen LogP contribution < -0.4 is 0 Å². The smallest absolute Gasteiger partial charge is 0.225 e. The molecule has 3 aromatic rings. The van der Waals surface area contributed by atoms with E-state index in [1.54, 1.807) is 0 Å². The monoisotopic (exact) mass is 417 g/mol. The fraction of sp³-hybridized carbons (Fsp3) is 0.233. The van der Waals surface area contributed by atoms with E-state index in [9.17, 15) is 5.21 Å². The van der Waals surface area contributed by atoms with Gasteiger partial charge in [0.05, 0.1) is 16.6 Å². The Kier molecular flexibility index (Phi) is 4.60. The number of nitrogens with zero attached hydrogens (tertiary/aromatic N) is 1. The van der Waals surface area contributed by atoms with Crippen LogP contribution in [-0.2, 0) is 0 Å². The van der Waals surface area contributed by atoms with E-state index in [0.29, 0.717) is 0 Å². The van der Waals surface area contributed by atoms with Crippen molar-refractivity contribution in [3.8, 4) is 23.0 Å². The maximum absolute atomic E-state index is 13.3. The Morgan fingerprint density at radius 2 is 1.41 bits per heavy atom. The van der Waals surface area contributed by atoms with E-state index < -0.39 is 0 Å². The van der Waals surface area contributed by atoms with E-state index >= 15 is 0 Å². The minimum absolute atomic E-state index is 0.0695. The molecule has 2 heteroatoms. The predicted octanol–water partition coefficient (Wildman–Crippen LogP) is 7.19. The summed E-state index contributed by atoms with van der Waals surface area (Å²) in [7, 11) is 0. The van der Waals surface area contributed by atoms with Crippen LogP contribution >= 0.6 is 0 Å². The molecule has 0 unspecified atom stereocenters. The number of fused-ring (bicyclic) bond motifs is 3. The summed E-state index contributed by atoms with van der Waals surface area (Å²) in [6.07, 6.45) is 3.24. The van der Waals surface area contributed by atoms with E-state index in [-0.39, 0.29) is 10.8 Å². The topological polar surface area (TPSA) is 26.1 Å². The Bertz CT molecular complexity index is 1330. The van der Waals surface area contributed by atoms with Crippen molar-refractivity contribution in [3.05, 3.63) is 101 Å². The molecular weight excluding hydrogens is 390 g/mol. The quantitative estimate of drug-likeness (QED) is 0.234. The fourth-order valence-corrected chi connectivity index (χ4v) is 5.33. The van der Waals surface area contributed by atoms with Crippen molar-refractivity contribution >= 4 is 17.0 Å². The third kappa shape index (κ3) is 3.55. The first-order chi connectivity index (χ1) is 15.2. The summed E-state index contributed by atoms with van der Waals surface area (Å²) in [5.41, 5.74) is 7.82. The number of hydrogen-bond acceptors (Lipinski definition) is 1. The van der Waals surface area contributed by atoms with Gasteiger partial charge in [-0.25, -0.2) is 0 Å². The van der Waals surface area contributed by atoms with Crippen LogP contribution in [0.25, 0.3) is 16.7 Å². The second-order valence-corrected chi connectivity index (χ2v) is 10.2.